The van der Waals surface area contributed by atoms with Crippen molar-refractivity contribution in [3.8, 4) is 11.8 Å². The first-order valence-electron chi connectivity index (χ1n) is 6.14. The summed E-state index contributed by atoms with van der Waals surface area (Å²) in [5.41, 5.74) is 1.28. The van der Waals surface area contributed by atoms with Crippen LogP contribution in [0.3, 0.4) is 0 Å². The lowest BCUT2D eigenvalue weighted by atomic mass is 10.2. The number of hydrogen-bond acceptors (Lipinski definition) is 4. The molecule has 0 amide bonds. The van der Waals surface area contributed by atoms with Crippen molar-refractivity contribution in [3.05, 3.63) is 53.6 Å². The Morgan fingerprint density at radius 1 is 1.19 bits per heavy atom. The molecule has 0 unspecified atom stereocenters. The van der Waals surface area contributed by atoms with E-state index in [1.165, 1.54) is 12.1 Å². The van der Waals surface area contributed by atoms with E-state index in [0.717, 1.165) is 5.56 Å². The Kier molecular flexibility index (Phi) is 4.15. The van der Waals surface area contributed by atoms with Crippen LogP contribution in [0.2, 0.25) is 0 Å². The van der Waals surface area contributed by atoms with Crippen LogP contribution in [0, 0.1) is 18.3 Å². The van der Waals surface area contributed by atoms with E-state index in [2.05, 4.69) is 4.72 Å². The van der Waals surface area contributed by atoms with Crippen molar-refractivity contribution >= 4 is 15.7 Å². The molecule has 0 spiro atoms. The Hall–Kier alpha value is -2.52. The number of aryl methyl sites for hydroxylation is 1. The first kappa shape index (κ1) is 14.9. The third-order valence-corrected chi connectivity index (χ3v) is 4.40. The van der Waals surface area contributed by atoms with Crippen LogP contribution in [0.1, 0.15) is 11.1 Å². The van der Waals surface area contributed by atoms with E-state index < -0.39 is 10.0 Å². The molecule has 0 radical (unpaired) electrons. The molecule has 0 fully saturated rings. The molecule has 5 nitrogen and oxygen atoms in total. The van der Waals surface area contributed by atoms with E-state index in [1.807, 2.05) is 6.07 Å². The van der Waals surface area contributed by atoms with Crippen molar-refractivity contribution < 1.29 is 13.2 Å². The molecule has 0 bridgehead atoms. The highest BCUT2D eigenvalue weighted by atomic mass is 32.2. The molecule has 0 aliphatic carbocycles. The normalized spacial score (nSPS) is 10.7. The summed E-state index contributed by atoms with van der Waals surface area (Å²) in [6.45, 7) is 1.77. The molecule has 2 aromatic carbocycles. The number of ether oxygens (including phenoxy) is 1. The minimum Gasteiger partial charge on any atom is -0.497 e. The average molecular weight is 302 g/mol. The van der Waals surface area contributed by atoms with Gasteiger partial charge in [0.15, 0.2) is 0 Å². The van der Waals surface area contributed by atoms with Crippen molar-refractivity contribution in [2.24, 2.45) is 0 Å². The van der Waals surface area contributed by atoms with E-state index in [-0.39, 0.29) is 10.5 Å². The number of nitriles is 1. The third kappa shape index (κ3) is 3.15. The zero-order valence-electron chi connectivity index (χ0n) is 11.6. The molecule has 0 aliphatic rings. The maximum Gasteiger partial charge on any atom is 0.263 e. The number of nitrogens with one attached hydrogen (secondary N) is 1. The van der Waals surface area contributed by atoms with Gasteiger partial charge in [0.2, 0.25) is 0 Å². The Bertz CT molecular complexity index is 808. The molecule has 0 saturated heterocycles. The lowest BCUT2D eigenvalue weighted by molar-refractivity contribution is 0.414. The molecule has 2 aromatic rings. The van der Waals surface area contributed by atoms with E-state index in [1.54, 1.807) is 44.4 Å². The van der Waals surface area contributed by atoms with Gasteiger partial charge in [0, 0.05) is 0 Å². The van der Waals surface area contributed by atoms with Gasteiger partial charge < -0.3 is 4.74 Å². The Morgan fingerprint density at radius 2 is 1.90 bits per heavy atom. The van der Waals surface area contributed by atoms with Crippen LogP contribution in [0.5, 0.6) is 5.75 Å². The maximum atomic E-state index is 12.4. The van der Waals surface area contributed by atoms with Crippen LogP contribution >= 0.6 is 0 Å². The molecule has 0 saturated carbocycles. The number of rotatable bonds is 4. The van der Waals surface area contributed by atoms with Gasteiger partial charge in [-0.2, -0.15) is 5.26 Å². The quantitative estimate of drug-likeness (QED) is 0.941. The molecule has 0 aliphatic heterocycles. The first-order chi connectivity index (χ1) is 9.97. The van der Waals surface area contributed by atoms with Crippen molar-refractivity contribution in [1.29, 1.82) is 5.26 Å². The van der Waals surface area contributed by atoms with E-state index in [9.17, 15) is 8.42 Å². The molecule has 108 valence electrons. The second-order valence-electron chi connectivity index (χ2n) is 4.39. The summed E-state index contributed by atoms with van der Waals surface area (Å²) in [5.74, 6) is 0.646. The number of benzene rings is 2. The molecule has 21 heavy (non-hydrogen) atoms. The monoisotopic (exact) mass is 302 g/mol. The predicted molar refractivity (Wildman–Crippen MR) is 79.7 cm³/mol. The van der Waals surface area contributed by atoms with Crippen molar-refractivity contribution in [2.45, 2.75) is 11.8 Å². The van der Waals surface area contributed by atoms with Gasteiger partial charge in [-0.3, -0.25) is 4.72 Å². The molecular formula is C15H14N2O3S. The van der Waals surface area contributed by atoms with Crippen molar-refractivity contribution in [1.82, 2.24) is 0 Å². The predicted octanol–water partition coefficient (Wildman–Crippen LogP) is 2.68. The van der Waals surface area contributed by atoms with Gasteiger partial charge in [0.05, 0.1) is 18.4 Å². The molecule has 0 aromatic heterocycles. The number of methoxy groups -OCH3 is 1. The van der Waals surface area contributed by atoms with E-state index in [4.69, 9.17) is 10.00 Å². The largest absolute Gasteiger partial charge is 0.497 e. The highest BCUT2D eigenvalue weighted by molar-refractivity contribution is 7.92. The topological polar surface area (TPSA) is 79.2 Å². The van der Waals surface area contributed by atoms with Gasteiger partial charge >= 0.3 is 0 Å². The smallest absolute Gasteiger partial charge is 0.263 e. The van der Waals surface area contributed by atoms with Crippen LogP contribution in [-0.2, 0) is 10.0 Å². The van der Waals surface area contributed by atoms with Crippen LogP contribution in [0.25, 0.3) is 0 Å². The highest BCUT2D eigenvalue weighted by Crippen LogP contribution is 2.24. The summed E-state index contributed by atoms with van der Waals surface area (Å²) >= 11 is 0. The van der Waals surface area contributed by atoms with Crippen LogP contribution in [-0.4, -0.2) is 15.5 Å². The van der Waals surface area contributed by atoms with Gasteiger partial charge in [-0.05, 0) is 42.8 Å². The molecule has 1 N–H and O–H groups in total. The van der Waals surface area contributed by atoms with Gasteiger partial charge in [-0.25, -0.2) is 8.42 Å². The first-order valence-corrected chi connectivity index (χ1v) is 7.63. The lowest BCUT2D eigenvalue weighted by Gasteiger charge is -2.12. The summed E-state index contributed by atoms with van der Waals surface area (Å²) in [7, 11) is -2.27. The fourth-order valence-electron chi connectivity index (χ4n) is 1.87. The molecule has 0 atom stereocenters. The minimum absolute atomic E-state index is 0.0391. The molecule has 0 heterocycles. The van der Waals surface area contributed by atoms with Gasteiger partial charge in [-0.15, -0.1) is 0 Å². The summed E-state index contributed by atoms with van der Waals surface area (Å²) in [6, 6.07) is 13.0. The fourth-order valence-corrected chi connectivity index (χ4v) is 3.16. The second kappa shape index (κ2) is 5.85. The van der Waals surface area contributed by atoms with E-state index >= 15 is 0 Å². The van der Waals surface area contributed by atoms with E-state index in [0.29, 0.717) is 11.4 Å². The zero-order chi connectivity index (χ0) is 15.5. The van der Waals surface area contributed by atoms with Crippen LogP contribution < -0.4 is 9.46 Å². The lowest BCUT2D eigenvalue weighted by Crippen LogP contribution is -2.15. The molecule has 6 heteroatoms. The van der Waals surface area contributed by atoms with Gasteiger partial charge in [0.25, 0.3) is 10.0 Å². The number of nitrogens with zero attached hydrogens (tertiary/aromatic N) is 1. The van der Waals surface area contributed by atoms with Crippen molar-refractivity contribution in [2.75, 3.05) is 11.8 Å². The number of sulfonamides is 1. The van der Waals surface area contributed by atoms with Gasteiger partial charge in [0.1, 0.15) is 16.7 Å². The Morgan fingerprint density at radius 3 is 2.52 bits per heavy atom. The maximum absolute atomic E-state index is 12.4. The third-order valence-electron chi connectivity index (χ3n) is 2.97. The highest BCUT2D eigenvalue weighted by Gasteiger charge is 2.19. The summed E-state index contributed by atoms with van der Waals surface area (Å²) in [6.07, 6.45) is 0. The summed E-state index contributed by atoms with van der Waals surface area (Å²) in [5, 5.41) is 9.01. The zero-order valence-corrected chi connectivity index (χ0v) is 12.4. The number of anilines is 1. The Labute approximate surface area is 123 Å². The van der Waals surface area contributed by atoms with Crippen LogP contribution in [0.4, 0.5) is 5.69 Å². The minimum atomic E-state index is -3.81. The molecular weight excluding hydrogens is 288 g/mol. The number of hydrogen-bond donors (Lipinski definition) is 1. The summed E-state index contributed by atoms with van der Waals surface area (Å²) < 4.78 is 32.4. The van der Waals surface area contributed by atoms with Crippen molar-refractivity contribution in [3.63, 3.8) is 0 Å². The van der Waals surface area contributed by atoms with Crippen LogP contribution in [0.15, 0.2) is 47.4 Å². The average Bonchev–Trinajstić information content (AvgIpc) is 2.49. The SMILES string of the molecule is COc1ccc(NS(=O)(=O)c2ccccc2C#N)c(C)c1. The fraction of sp³-hybridized carbons (Fsp3) is 0.133. The second-order valence-corrected chi connectivity index (χ2v) is 6.05. The summed E-state index contributed by atoms with van der Waals surface area (Å²) in [4.78, 5) is -0.0391. The molecule has 2 rings (SSSR count). The Balaban J connectivity index is 2.41. The standard InChI is InChI=1S/C15H14N2O3S/c1-11-9-13(20-2)7-8-14(11)17-21(18,19)15-6-4-3-5-12(15)10-16/h3-9,17H,1-2H3. The van der Waals surface area contributed by atoms with Gasteiger partial charge in [-0.1, -0.05) is 12.1 Å².